The molecule has 2 nitrogen and oxygen atoms in total. The summed E-state index contributed by atoms with van der Waals surface area (Å²) < 4.78 is 0. The van der Waals surface area contributed by atoms with Crippen LogP contribution in [0.4, 0.5) is 0 Å². The van der Waals surface area contributed by atoms with Crippen LogP contribution in [0.1, 0.15) is 63.5 Å². The Kier molecular flexibility index (Phi) is 7.83. The van der Waals surface area contributed by atoms with Crippen LogP contribution in [0, 0.1) is 0 Å². The average molecular weight is 288 g/mol. The van der Waals surface area contributed by atoms with Gasteiger partial charge in [0.25, 0.3) is 0 Å². The van der Waals surface area contributed by atoms with Crippen LogP contribution in [0.2, 0.25) is 0 Å². The molecule has 1 atom stereocenters. The maximum absolute atomic E-state index is 3.80. The highest BCUT2D eigenvalue weighted by molar-refractivity contribution is 5.18. The Morgan fingerprint density at radius 2 is 1.76 bits per heavy atom. The van der Waals surface area contributed by atoms with Crippen molar-refractivity contribution >= 4 is 0 Å². The van der Waals surface area contributed by atoms with Gasteiger partial charge < -0.3 is 10.2 Å². The molecule has 0 saturated carbocycles. The second kappa shape index (κ2) is 9.97. The van der Waals surface area contributed by atoms with Gasteiger partial charge in [-0.2, -0.15) is 0 Å². The first-order valence-electron chi connectivity index (χ1n) is 8.91. The van der Waals surface area contributed by atoms with Crippen molar-refractivity contribution in [1.82, 2.24) is 10.2 Å². The first-order valence-corrected chi connectivity index (χ1v) is 8.91. The quantitative estimate of drug-likeness (QED) is 0.763. The normalized spacial score (nSPS) is 18.3. The molecule has 1 heterocycles. The van der Waals surface area contributed by atoms with Crippen molar-refractivity contribution < 1.29 is 0 Å². The van der Waals surface area contributed by atoms with E-state index in [1.54, 1.807) is 0 Å². The second-order valence-corrected chi connectivity index (χ2v) is 6.32. The summed E-state index contributed by atoms with van der Waals surface area (Å²) in [6.07, 6.45) is 9.45. The lowest BCUT2D eigenvalue weighted by atomic mass is 10.0. The average Bonchev–Trinajstić information content (AvgIpc) is 2.80. The third-order valence-electron chi connectivity index (χ3n) is 4.57. The van der Waals surface area contributed by atoms with Crippen LogP contribution >= 0.6 is 0 Å². The van der Waals surface area contributed by atoms with Crippen LogP contribution in [0.15, 0.2) is 30.3 Å². The standard InChI is InChI=1S/C19H32N2/c1-2-3-13-19(18-11-7-6-8-12-18)20-14-17-21-15-9-4-5-10-16-21/h6-8,11-12,19-20H,2-5,9-10,13-17H2,1H3. The smallest absolute Gasteiger partial charge is 0.0320 e. The number of hydrogen-bond donors (Lipinski definition) is 1. The predicted octanol–water partition coefficient (Wildman–Crippen LogP) is 4.38. The maximum Gasteiger partial charge on any atom is 0.0320 e. The summed E-state index contributed by atoms with van der Waals surface area (Å²) in [4.78, 5) is 2.64. The van der Waals surface area contributed by atoms with Gasteiger partial charge in [0.15, 0.2) is 0 Å². The van der Waals surface area contributed by atoms with Gasteiger partial charge in [-0.15, -0.1) is 0 Å². The predicted molar refractivity (Wildman–Crippen MR) is 91.6 cm³/mol. The molecule has 1 unspecified atom stereocenters. The lowest BCUT2D eigenvalue weighted by molar-refractivity contribution is 0.277. The van der Waals surface area contributed by atoms with E-state index in [1.807, 2.05) is 0 Å². The van der Waals surface area contributed by atoms with Crippen molar-refractivity contribution in [2.45, 2.75) is 57.9 Å². The zero-order chi connectivity index (χ0) is 14.8. The first-order chi connectivity index (χ1) is 10.4. The molecule has 0 bridgehead atoms. The highest BCUT2D eigenvalue weighted by atomic mass is 15.1. The van der Waals surface area contributed by atoms with Crippen LogP contribution in [0.25, 0.3) is 0 Å². The van der Waals surface area contributed by atoms with Gasteiger partial charge in [-0.3, -0.25) is 0 Å². The molecule has 1 fully saturated rings. The third kappa shape index (κ3) is 6.19. The largest absolute Gasteiger partial charge is 0.309 e. The minimum absolute atomic E-state index is 0.526. The van der Waals surface area contributed by atoms with E-state index in [0.717, 1.165) is 6.54 Å². The van der Waals surface area contributed by atoms with Gasteiger partial charge in [-0.25, -0.2) is 0 Å². The van der Waals surface area contributed by atoms with Crippen LogP contribution in [0.3, 0.4) is 0 Å². The molecule has 1 aliphatic rings. The summed E-state index contributed by atoms with van der Waals surface area (Å²) in [5.41, 5.74) is 1.45. The van der Waals surface area contributed by atoms with E-state index in [1.165, 1.54) is 70.1 Å². The summed E-state index contributed by atoms with van der Waals surface area (Å²) in [5.74, 6) is 0. The lowest BCUT2D eigenvalue weighted by Gasteiger charge is -2.23. The van der Waals surface area contributed by atoms with Crippen LogP contribution in [0.5, 0.6) is 0 Å². The van der Waals surface area contributed by atoms with Crippen molar-refractivity contribution in [2.75, 3.05) is 26.2 Å². The molecule has 0 aliphatic carbocycles. The number of benzene rings is 1. The van der Waals surface area contributed by atoms with Crippen molar-refractivity contribution in [1.29, 1.82) is 0 Å². The molecule has 0 spiro atoms. The third-order valence-corrected chi connectivity index (χ3v) is 4.57. The number of hydrogen-bond acceptors (Lipinski definition) is 2. The first kappa shape index (κ1) is 16.5. The second-order valence-electron chi connectivity index (χ2n) is 6.32. The Morgan fingerprint density at radius 3 is 2.43 bits per heavy atom. The van der Waals surface area contributed by atoms with E-state index in [0.29, 0.717) is 6.04 Å². The Morgan fingerprint density at radius 1 is 1.05 bits per heavy atom. The number of rotatable bonds is 8. The van der Waals surface area contributed by atoms with Gasteiger partial charge in [0.1, 0.15) is 0 Å². The molecule has 1 saturated heterocycles. The topological polar surface area (TPSA) is 15.3 Å². The SMILES string of the molecule is CCCCC(NCCN1CCCCCC1)c1ccccc1. The van der Waals surface area contributed by atoms with E-state index in [-0.39, 0.29) is 0 Å². The Balaban J connectivity index is 1.78. The minimum atomic E-state index is 0.526. The summed E-state index contributed by atoms with van der Waals surface area (Å²) in [5, 5.41) is 3.80. The molecule has 1 N–H and O–H groups in total. The Bertz CT molecular complexity index is 355. The zero-order valence-electron chi connectivity index (χ0n) is 13.7. The van der Waals surface area contributed by atoms with E-state index >= 15 is 0 Å². The fourth-order valence-electron chi connectivity index (χ4n) is 3.24. The number of likely N-dealkylation sites (tertiary alicyclic amines) is 1. The van der Waals surface area contributed by atoms with Crippen molar-refractivity contribution in [2.24, 2.45) is 0 Å². The van der Waals surface area contributed by atoms with Gasteiger partial charge >= 0.3 is 0 Å². The van der Waals surface area contributed by atoms with Gasteiger partial charge in [0.05, 0.1) is 0 Å². The van der Waals surface area contributed by atoms with E-state index in [2.05, 4.69) is 47.5 Å². The molecule has 2 rings (SSSR count). The molecule has 21 heavy (non-hydrogen) atoms. The number of unbranched alkanes of at least 4 members (excludes halogenated alkanes) is 1. The van der Waals surface area contributed by atoms with E-state index in [9.17, 15) is 0 Å². The summed E-state index contributed by atoms with van der Waals surface area (Å²) in [6, 6.07) is 11.5. The summed E-state index contributed by atoms with van der Waals surface area (Å²) in [6.45, 7) is 7.19. The van der Waals surface area contributed by atoms with Gasteiger partial charge in [0.2, 0.25) is 0 Å². The molecule has 118 valence electrons. The Labute approximate surface area is 130 Å². The highest BCUT2D eigenvalue weighted by Crippen LogP contribution is 2.19. The highest BCUT2D eigenvalue weighted by Gasteiger charge is 2.12. The fraction of sp³-hybridized carbons (Fsp3) is 0.684. The summed E-state index contributed by atoms with van der Waals surface area (Å²) >= 11 is 0. The molecule has 1 aromatic carbocycles. The van der Waals surface area contributed by atoms with Crippen molar-refractivity contribution in [3.63, 3.8) is 0 Å². The molecule has 2 heteroatoms. The number of nitrogens with zero attached hydrogens (tertiary/aromatic N) is 1. The molecule has 0 radical (unpaired) electrons. The van der Waals surface area contributed by atoms with Gasteiger partial charge in [-0.1, -0.05) is 62.9 Å². The lowest BCUT2D eigenvalue weighted by Crippen LogP contribution is -2.34. The van der Waals surface area contributed by atoms with Gasteiger partial charge in [0, 0.05) is 19.1 Å². The molecule has 0 amide bonds. The number of nitrogens with one attached hydrogen (secondary N) is 1. The Hall–Kier alpha value is -0.860. The maximum atomic E-state index is 3.80. The van der Waals surface area contributed by atoms with E-state index < -0.39 is 0 Å². The van der Waals surface area contributed by atoms with Crippen LogP contribution < -0.4 is 5.32 Å². The molecular formula is C19H32N2. The monoisotopic (exact) mass is 288 g/mol. The summed E-state index contributed by atoms with van der Waals surface area (Å²) in [7, 11) is 0. The van der Waals surface area contributed by atoms with Crippen molar-refractivity contribution in [3.05, 3.63) is 35.9 Å². The van der Waals surface area contributed by atoms with Crippen LogP contribution in [-0.4, -0.2) is 31.1 Å². The molecule has 1 aromatic rings. The molecular weight excluding hydrogens is 256 g/mol. The van der Waals surface area contributed by atoms with E-state index in [4.69, 9.17) is 0 Å². The molecule has 0 aromatic heterocycles. The van der Waals surface area contributed by atoms with Gasteiger partial charge in [-0.05, 0) is 37.9 Å². The fourth-order valence-corrected chi connectivity index (χ4v) is 3.24. The minimum Gasteiger partial charge on any atom is -0.309 e. The van der Waals surface area contributed by atoms with Crippen LogP contribution in [-0.2, 0) is 0 Å². The molecule has 1 aliphatic heterocycles. The zero-order valence-corrected chi connectivity index (χ0v) is 13.7. The van der Waals surface area contributed by atoms with Crippen molar-refractivity contribution in [3.8, 4) is 0 Å².